The average molecular weight is 430 g/mol. The van der Waals surface area contributed by atoms with Crippen LogP contribution in [0.15, 0.2) is 42.3 Å². The third-order valence-electron chi connectivity index (χ3n) is 7.36. The summed E-state index contributed by atoms with van der Waals surface area (Å²) in [5.74, 6) is 0.276. The molecule has 0 unspecified atom stereocenters. The molecule has 2 aliphatic carbocycles. The highest BCUT2D eigenvalue weighted by Gasteiger charge is 2.23. The van der Waals surface area contributed by atoms with Gasteiger partial charge in [0, 0.05) is 0 Å². The van der Waals surface area contributed by atoms with Crippen LogP contribution >= 0.6 is 0 Å². The van der Waals surface area contributed by atoms with E-state index in [0.717, 1.165) is 43.1 Å². The Balaban J connectivity index is 1.27. The minimum absolute atomic E-state index is 0.377. The van der Waals surface area contributed by atoms with Crippen LogP contribution in [-0.2, 0) is 0 Å². The number of benzene rings is 1. The molecule has 3 rings (SSSR count). The Morgan fingerprint density at radius 1 is 0.903 bits per heavy atom. The van der Waals surface area contributed by atoms with E-state index < -0.39 is 17.5 Å². The molecule has 168 valence electrons. The van der Waals surface area contributed by atoms with Crippen molar-refractivity contribution < 1.29 is 13.2 Å². The van der Waals surface area contributed by atoms with Crippen LogP contribution in [0.5, 0.6) is 0 Å². The molecule has 2 fully saturated rings. The van der Waals surface area contributed by atoms with E-state index in [2.05, 4.69) is 0 Å². The summed E-state index contributed by atoms with van der Waals surface area (Å²) < 4.78 is 39.4. The van der Waals surface area contributed by atoms with Crippen molar-refractivity contribution in [3.05, 3.63) is 59.5 Å². The second-order valence-corrected chi connectivity index (χ2v) is 9.47. The molecule has 0 aliphatic heterocycles. The molecule has 0 amide bonds. The highest BCUT2D eigenvalue weighted by molar-refractivity contribution is 5.22. The van der Waals surface area contributed by atoms with E-state index in [1.54, 1.807) is 12.1 Å². The molecule has 1 aromatic rings. The Labute approximate surface area is 185 Å². The molecule has 1 aromatic carbocycles. The van der Waals surface area contributed by atoms with Gasteiger partial charge in [0.2, 0.25) is 0 Å². The van der Waals surface area contributed by atoms with Crippen molar-refractivity contribution in [2.45, 2.75) is 83.0 Å². The summed E-state index contributed by atoms with van der Waals surface area (Å²) in [6.45, 7) is 0. The Kier molecular flexibility index (Phi) is 9.25. The number of hydrogen-bond acceptors (Lipinski definition) is 1. The first-order valence-electron chi connectivity index (χ1n) is 11.9. The van der Waals surface area contributed by atoms with Crippen molar-refractivity contribution in [3.63, 3.8) is 0 Å². The van der Waals surface area contributed by atoms with E-state index in [1.807, 2.05) is 6.08 Å². The predicted molar refractivity (Wildman–Crippen MR) is 119 cm³/mol. The van der Waals surface area contributed by atoms with Gasteiger partial charge in [-0.2, -0.15) is 9.65 Å². The summed E-state index contributed by atoms with van der Waals surface area (Å²) in [7, 11) is 0. The zero-order valence-corrected chi connectivity index (χ0v) is 18.3. The average Bonchev–Trinajstić information content (AvgIpc) is 2.80. The van der Waals surface area contributed by atoms with Gasteiger partial charge in [0.05, 0.1) is 0 Å². The Hall–Kier alpha value is -2.02. The van der Waals surface area contributed by atoms with E-state index >= 15 is 0 Å². The molecule has 0 aromatic heterocycles. The molecule has 2 saturated carbocycles. The topological polar surface area (TPSA) is 23.8 Å². The molecule has 1 nitrogen and oxygen atoms in total. The maximum Gasteiger partial charge on any atom is 0.199 e. The first kappa shape index (κ1) is 23.6. The summed E-state index contributed by atoms with van der Waals surface area (Å²) in [6, 6.07) is 5.87. The van der Waals surface area contributed by atoms with Crippen molar-refractivity contribution in [3.8, 4) is 6.07 Å². The van der Waals surface area contributed by atoms with Gasteiger partial charge in [0.15, 0.2) is 17.5 Å². The Bertz CT molecular complexity index is 791. The first-order chi connectivity index (χ1) is 15.0. The first-order valence-corrected chi connectivity index (χ1v) is 11.9. The maximum atomic E-state index is 13.5. The molecule has 2 aliphatic rings. The van der Waals surface area contributed by atoms with Crippen LogP contribution in [0.25, 0.3) is 0 Å². The number of halogens is 3. The van der Waals surface area contributed by atoms with Crippen molar-refractivity contribution in [1.82, 2.24) is 0 Å². The van der Waals surface area contributed by atoms with Gasteiger partial charge in [-0.05, 0) is 98.8 Å². The van der Waals surface area contributed by atoms with Gasteiger partial charge in [-0.3, -0.25) is 0 Å². The number of unbranched alkanes of at least 4 members (excludes halogenated alkanes) is 1. The molecule has 31 heavy (non-hydrogen) atoms. The minimum atomic E-state index is -0.759. The summed E-state index contributed by atoms with van der Waals surface area (Å²) >= 11 is 0. The lowest BCUT2D eigenvalue weighted by Crippen LogP contribution is -2.14. The highest BCUT2D eigenvalue weighted by Crippen LogP contribution is 2.38. The molecule has 0 atom stereocenters. The molecule has 0 radical (unpaired) electrons. The number of nitriles is 1. The van der Waals surface area contributed by atoms with E-state index in [9.17, 15) is 13.2 Å². The largest absolute Gasteiger partial charge is 0.204 e. The fraction of sp³-hybridized carbons (Fsp3) is 0.593. The number of hydrogen-bond donors (Lipinski definition) is 0. The minimum Gasteiger partial charge on any atom is -0.204 e. The fourth-order valence-corrected chi connectivity index (χ4v) is 5.42. The van der Waals surface area contributed by atoms with Crippen LogP contribution in [0.2, 0.25) is 0 Å². The zero-order chi connectivity index (χ0) is 22.1. The molecular weight excluding hydrogens is 395 g/mol. The zero-order valence-electron chi connectivity index (χ0n) is 18.3. The number of nitrogens with zero attached hydrogens (tertiary/aromatic N) is 1. The molecule has 4 heteroatoms. The standard InChI is InChI=1S/C27H34F3N/c28-25(19-31)7-3-6-22-10-8-20(9-11-22)4-1-2-5-21-12-14-23(15-13-21)24-16-17-26(29)27(30)18-24/h3,6-7,16-18,20-23H,1-2,4-5,8-15H2. The van der Waals surface area contributed by atoms with Crippen LogP contribution in [0.1, 0.15) is 88.5 Å². The SMILES string of the molecule is N#CC(F)=CC=CC1CCC(CCCCC2CCC(c3ccc(F)c(F)c3)CC2)CC1. The van der Waals surface area contributed by atoms with Gasteiger partial charge in [0.1, 0.15) is 6.07 Å². The number of allylic oxidation sites excluding steroid dienone is 4. The third kappa shape index (κ3) is 7.56. The summed E-state index contributed by atoms with van der Waals surface area (Å²) in [6.07, 6.45) is 19.6. The van der Waals surface area contributed by atoms with E-state index in [0.29, 0.717) is 11.8 Å². The summed E-state index contributed by atoms with van der Waals surface area (Å²) in [5, 5.41) is 8.42. The van der Waals surface area contributed by atoms with Gasteiger partial charge >= 0.3 is 0 Å². The maximum absolute atomic E-state index is 13.5. The van der Waals surface area contributed by atoms with Crippen molar-refractivity contribution in [1.29, 1.82) is 5.26 Å². The molecule has 0 spiro atoms. The van der Waals surface area contributed by atoms with E-state index in [1.165, 1.54) is 75.6 Å². The number of rotatable bonds is 8. The van der Waals surface area contributed by atoms with Crippen LogP contribution in [0.4, 0.5) is 13.2 Å². The van der Waals surface area contributed by atoms with Gasteiger partial charge in [0.25, 0.3) is 0 Å². The smallest absolute Gasteiger partial charge is 0.199 e. The summed E-state index contributed by atoms with van der Waals surface area (Å²) in [4.78, 5) is 0. The van der Waals surface area contributed by atoms with Gasteiger partial charge < -0.3 is 0 Å². The van der Waals surface area contributed by atoms with E-state index in [-0.39, 0.29) is 0 Å². The quantitative estimate of drug-likeness (QED) is 0.231. The second-order valence-electron chi connectivity index (χ2n) is 9.47. The van der Waals surface area contributed by atoms with Crippen molar-refractivity contribution in [2.75, 3.05) is 0 Å². The lowest BCUT2D eigenvalue weighted by atomic mass is 9.76. The second kappa shape index (κ2) is 12.1. The molecule has 0 bridgehead atoms. The molecule has 0 heterocycles. The molecule has 0 saturated heterocycles. The van der Waals surface area contributed by atoms with Crippen molar-refractivity contribution >= 4 is 0 Å². The lowest BCUT2D eigenvalue weighted by molar-refractivity contribution is 0.273. The summed E-state index contributed by atoms with van der Waals surface area (Å²) in [5.41, 5.74) is 0.953. The highest BCUT2D eigenvalue weighted by atomic mass is 19.2. The Morgan fingerprint density at radius 3 is 2.10 bits per heavy atom. The lowest BCUT2D eigenvalue weighted by Gasteiger charge is -2.29. The van der Waals surface area contributed by atoms with Crippen LogP contribution < -0.4 is 0 Å². The molecule has 0 N–H and O–H groups in total. The fourth-order valence-electron chi connectivity index (χ4n) is 5.42. The Morgan fingerprint density at radius 2 is 1.52 bits per heavy atom. The monoisotopic (exact) mass is 429 g/mol. The van der Waals surface area contributed by atoms with E-state index in [4.69, 9.17) is 5.26 Å². The normalized spacial score (nSPS) is 27.4. The predicted octanol–water partition coefficient (Wildman–Crippen LogP) is 8.54. The van der Waals surface area contributed by atoms with Crippen LogP contribution in [0, 0.1) is 40.7 Å². The van der Waals surface area contributed by atoms with Gasteiger partial charge in [-0.1, -0.05) is 43.9 Å². The van der Waals surface area contributed by atoms with Crippen LogP contribution in [-0.4, -0.2) is 0 Å². The van der Waals surface area contributed by atoms with Crippen molar-refractivity contribution in [2.24, 2.45) is 17.8 Å². The third-order valence-corrected chi connectivity index (χ3v) is 7.36. The van der Waals surface area contributed by atoms with Crippen LogP contribution in [0.3, 0.4) is 0 Å². The van der Waals surface area contributed by atoms with Gasteiger partial charge in [-0.25, -0.2) is 8.78 Å². The molecular formula is C27H34F3N. The van der Waals surface area contributed by atoms with Gasteiger partial charge in [-0.15, -0.1) is 0 Å².